The van der Waals surface area contributed by atoms with Gasteiger partial charge in [0.15, 0.2) is 0 Å². The number of aromatic amines is 1. The van der Waals surface area contributed by atoms with Gasteiger partial charge < -0.3 is 19.9 Å². The Morgan fingerprint density at radius 3 is 2.74 bits per heavy atom. The Bertz CT molecular complexity index is 1170. The lowest BCUT2D eigenvalue weighted by Crippen LogP contribution is -2.40. The first-order valence-electron chi connectivity index (χ1n) is 10.5. The van der Waals surface area contributed by atoms with Gasteiger partial charge in [-0.25, -0.2) is 4.79 Å². The first-order valence-corrected chi connectivity index (χ1v) is 10.8. The molecule has 0 aliphatic carbocycles. The van der Waals surface area contributed by atoms with Crippen molar-refractivity contribution in [1.82, 2.24) is 9.88 Å². The van der Waals surface area contributed by atoms with E-state index >= 15 is 0 Å². The maximum atomic E-state index is 13.1. The van der Waals surface area contributed by atoms with Crippen molar-refractivity contribution in [2.45, 2.75) is 39.3 Å². The number of hydrogen-bond donors (Lipinski definition) is 2. The van der Waals surface area contributed by atoms with Gasteiger partial charge in [-0.05, 0) is 56.0 Å². The van der Waals surface area contributed by atoms with E-state index in [2.05, 4.69) is 10.3 Å². The fourth-order valence-corrected chi connectivity index (χ4v) is 4.13. The van der Waals surface area contributed by atoms with Crippen molar-refractivity contribution in [2.24, 2.45) is 0 Å². The summed E-state index contributed by atoms with van der Waals surface area (Å²) < 4.78 is 5.75. The number of benzene rings is 2. The van der Waals surface area contributed by atoms with Gasteiger partial charge in [0, 0.05) is 24.1 Å². The Morgan fingerprint density at radius 1 is 1.23 bits per heavy atom. The average molecular weight is 440 g/mol. The Morgan fingerprint density at radius 2 is 2.00 bits per heavy atom. The molecule has 1 aromatic heterocycles. The van der Waals surface area contributed by atoms with Gasteiger partial charge in [0.25, 0.3) is 5.56 Å². The summed E-state index contributed by atoms with van der Waals surface area (Å²) in [6, 6.07) is 12.7. The summed E-state index contributed by atoms with van der Waals surface area (Å²) in [4.78, 5) is 30.6. The van der Waals surface area contributed by atoms with Crippen LogP contribution in [0.3, 0.4) is 0 Å². The maximum Gasteiger partial charge on any atom is 0.322 e. The summed E-state index contributed by atoms with van der Waals surface area (Å²) in [5.41, 5.74) is 3.80. The number of carbonyl (C=O) groups is 1. The summed E-state index contributed by atoms with van der Waals surface area (Å²) in [5.74, 6) is 0. The standard InChI is InChI=1S/C24H26ClN3O3/c1-15-9-10-16(2)22-19(15)12-17(23(29)27-22)13-28(14-18-6-5-11-31-18)24(30)26-21-8-4-3-7-20(21)25/h3-4,7-10,12,18H,5-6,11,13-14H2,1-2H3,(H,26,30)(H,27,29)/t18-/m1/s1. The summed E-state index contributed by atoms with van der Waals surface area (Å²) in [5, 5.41) is 4.31. The first-order chi connectivity index (χ1) is 14.9. The molecule has 6 nitrogen and oxygen atoms in total. The lowest BCUT2D eigenvalue weighted by molar-refractivity contribution is 0.0818. The van der Waals surface area contributed by atoms with Gasteiger partial charge in [0.1, 0.15) is 0 Å². The van der Waals surface area contributed by atoms with E-state index in [4.69, 9.17) is 16.3 Å². The minimum atomic E-state index is -0.316. The lowest BCUT2D eigenvalue weighted by atomic mass is 10.0. The topological polar surface area (TPSA) is 74.4 Å². The van der Waals surface area contributed by atoms with Crippen LogP contribution in [0.2, 0.25) is 5.02 Å². The van der Waals surface area contributed by atoms with E-state index in [-0.39, 0.29) is 24.2 Å². The molecular weight excluding hydrogens is 414 g/mol. The average Bonchev–Trinajstić information content (AvgIpc) is 3.26. The third-order valence-electron chi connectivity index (χ3n) is 5.73. The summed E-state index contributed by atoms with van der Waals surface area (Å²) in [6.45, 7) is 5.26. The molecule has 7 heteroatoms. The molecule has 0 unspecified atom stereocenters. The zero-order chi connectivity index (χ0) is 22.0. The Labute approximate surface area is 186 Å². The van der Waals surface area contributed by atoms with Crippen molar-refractivity contribution >= 4 is 34.2 Å². The normalized spacial score (nSPS) is 15.9. The molecule has 0 radical (unpaired) electrons. The van der Waals surface area contributed by atoms with Crippen molar-refractivity contribution in [3.63, 3.8) is 0 Å². The predicted molar refractivity (Wildman–Crippen MR) is 124 cm³/mol. The molecular formula is C24H26ClN3O3. The molecule has 1 fully saturated rings. The number of pyridine rings is 1. The van der Waals surface area contributed by atoms with Crippen molar-refractivity contribution in [2.75, 3.05) is 18.5 Å². The van der Waals surface area contributed by atoms with E-state index in [1.807, 2.05) is 38.1 Å². The molecule has 1 saturated heterocycles. The third kappa shape index (κ3) is 4.75. The van der Waals surface area contributed by atoms with E-state index < -0.39 is 0 Å². The van der Waals surface area contributed by atoms with Crippen LogP contribution in [0.1, 0.15) is 29.5 Å². The molecule has 162 valence electrons. The van der Waals surface area contributed by atoms with E-state index in [0.717, 1.165) is 34.9 Å². The Kier molecular flexibility index (Phi) is 6.30. The van der Waals surface area contributed by atoms with Crippen LogP contribution in [0.5, 0.6) is 0 Å². The molecule has 1 aliphatic heterocycles. The fraction of sp³-hybridized carbons (Fsp3) is 0.333. The lowest BCUT2D eigenvalue weighted by Gasteiger charge is -2.26. The quantitative estimate of drug-likeness (QED) is 0.586. The van der Waals surface area contributed by atoms with Gasteiger partial charge in [-0.1, -0.05) is 35.9 Å². The van der Waals surface area contributed by atoms with Gasteiger partial charge in [-0.3, -0.25) is 4.79 Å². The van der Waals surface area contributed by atoms with E-state index in [1.54, 1.807) is 23.1 Å². The van der Waals surface area contributed by atoms with Crippen LogP contribution in [0.15, 0.2) is 47.3 Å². The number of nitrogens with one attached hydrogen (secondary N) is 2. The molecule has 2 amide bonds. The second-order valence-electron chi connectivity index (χ2n) is 8.04. The number of halogens is 1. The van der Waals surface area contributed by atoms with Gasteiger partial charge in [-0.15, -0.1) is 0 Å². The zero-order valence-corrected chi connectivity index (χ0v) is 18.5. The van der Waals surface area contributed by atoms with Crippen LogP contribution in [0.4, 0.5) is 10.5 Å². The summed E-state index contributed by atoms with van der Waals surface area (Å²) >= 11 is 6.21. The fourth-order valence-electron chi connectivity index (χ4n) is 3.95. The zero-order valence-electron chi connectivity index (χ0n) is 17.7. The summed E-state index contributed by atoms with van der Waals surface area (Å²) in [6.07, 6.45) is 1.82. The number of para-hydroxylation sites is 1. The second kappa shape index (κ2) is 9.12. The Hall–Kier alpha value is -2.83. The maximum absolute atomic E-state index is 13.1. The van der Waals surface area contributed by atoms with Gasteiger partial charge in [-0.2, -0.15) is 0 Å². The van der Waals surface area contributed by atoms with Gasteiger partial charge in [0.05, 0.1) is 28.9 Å². The molecule has 2 aromatic carbocycles. The van der Waals surface area contributed by atoms with Crippen LogP contribution in [-0.4, -0.2) is 35.2 Å². The van der Waals surface area contributed by atoms with Crippen LogP contribution in [-0.2, 0) is 11.3 Å². The SMILES string of the molecule is Cc1ccc(C)c2[nH]c(=O)c(CN(C[C@H]3CCCO3)C(=O)Nc3ccccc3Cl)cc12. The number of nitrogens with zero attached hydrogens (tertiary/aromatic N) is 1. The number of fused-ring (bicyclic) bond motifs is 1. The minimum Gasteiger partial charge on any atom is -0.376 e. The van der Waals surface area contributed by atoms with E-state index in [9.17, 15) is 9.59 Å². The number of anilines is 1. The van der Waals surface area contributed by atoms with Gasteiger partial charge >= 0.3 is 6.03 Å². The van der Waals surface area contributed by atoms with Crippen LogP contribution >= 0.6 is 11.6 Å². The first kappa shape index (κ1) is 21.4. The second-order valence-corrected chi connectivity index (χ2v) is 8.44. The number of H-pyrrole nitrogens is 1. The van der Waals surface area contributed by atoms with E-state index in [0.29, 0.717) is 29.4 Å². The number of amides is 2. The number of urea groups is 1. The van der Waals surface area contributed by atoms with Gasteiger partial charge in [0.2, 0.25) is 0 Å². The summed E-state index contributed by atoms with van der Waals surface area (Å²) in [7, 11) is 0. The smallest absolute Gasteiger partial charge is 0.322 e. The predicted octanol–water partition coefficient (Wildman–Crippen LogP) is 5.01. The monoisotopic (exact) mass is 439 g/mol. The molecule has 3 aromatic rings. The number of aromatic nitrogens is 1. The van der Waals surface area contributed by atoms with Crippen molar-refractivity contribution < 1.29 is 9.53 Å². The number of ether oxygens (including phenoxy) is 1. The highest BCUT2D eigenvalue weighted by atomic mass is 35.5. The van der Waals surface area contributed by atoms with E-state index in [1.165, 1.54) is 0 Å². The number of aryl methyl sites for hydroxylation is 2. The molecule has 0 saturated carbocycles. The molecule has 0 bridgehead atoms. The Balaban J connectivity index is 1.65. The molecule has 2 N–H and O–H groups in total. The van der Waals surface area contributed by atoms with Crippen molar-refractivity contribution in [1.29, 1.82) is 0 Å². The largest absolute Gasteiger partial charge is 0.376 e. The molecule has 2 heterocycles. The molecule has 1 aliphatic rings. The molecule has 1 atom stereocenters. The van der Waals surface area contributed by atoms with Crippen LogP contribution < -0.4 is 10.9 Å². The highest BCUT2D eigenvalue weighted by Gasteiger charge is 2.24. The third-order valence-corrected chi connectivity index (χ3v) is 6.06. The van der Waals surface area contributed by atoms with Crippen LogP contribution in [0, 0.1) is 13.8 Å². The number of carbonyl (C=O) groups excluding carboxylic acids is 1. The molecule has 4 rings (SSSR count). The van der Waals surface area contributed by atoms with Crippen LogP contribution in [0.25, 0.3) is 10.9 Å². The highest BCUT2D eigenvalue weighted by molar-refractivity contribution is 6.33. The van der Waals surface area contributed by atoms with Crippen molar-refractivity contribution in [3.8, 4) is 0 Å². The molecule has 31 heavy (non-hydrogen) atoms. The number of hydrogen-bond acceptors (Lipinski definition) is 3. The minimum absolute atomic E-state index is 0.0412. The molecule has 0 spiro atoms. The highest BCUT2D eigenvalue weighted by Crippen LogP contribution is 2.23. The van der Waals surface area contributed by atoms with Crippen molar-refractivity contribution in [3.05, 3.63) is 74.5 Å². The number of rotatable bonds is 5.